The van der Waals surface area contributed by atoms with Crippen LogP contribution in [0.1, 0.15) is 12.5 Å². The van der Waals surface area contributed by atoms with Crippen molar-refractivity contribution < 1.29 is 4.74 Å². The smallest absolute Gasteiger partial charge is 0.132 e. The fourth-order valence-electron chi connectivity index (χ4n) is 1.35. The van der Waals surface area contributed by atoms with Crippen LogP contribution in [0.3, 0.4) is 0 Å². The summed E-state index contributed by atoms with van der Waals surface area (Å²) in [6.07, 6.45) is 0. The van der Waals surface area contributed by atoms with E-state index in [-0.39, 0.29) is 0 Å². The van der Waals surface area contributed by atoms with Gasteiger partial charge < -0.3 is 9.64 Å². The normalized spacial score (nSPS) is 9.88. The number of ether oxygens (including phenoxy) is 1. The van der Waals surface area contributed by atoms with Crippen LogP contribution < -0.4 is 4.90 Å². The van der Waals surface area contributed by atoms with Crippen molar-refractivity contribution in [2.24, 2.45) is 0 Å². The summed E-state index contributed by atoms with van der Waals surface area (Å²) >= 11 is 5.84. The maximum atomic E-state index is 8.84. The maximum Gasteiger partial charge on any atom is 0.132 e. The number of rotatable bonds is 5. The second kappa shape index (κ2) is 6.31. The van der Waals surface area contributed by atoms with Crippen LogP contribution in [0.5, 0.6) is 0 Å². The van der Waals surface area contributed by atoms with Crippen molar-refractivity contribution in [3.63, 3.8) is 0 Å². The Labute approximate surface area is 100 Å². The third kappa shape index (κ3) is 3.37. The van der Waals surface area contributed by atoms with E-state index in [0.29, 0.717) is 23.1 Å². The predicted molar refractivity (Wildman–Crippen MR) is 63.7 cm³/mol. The number of methoxy groups -OCH3 is 1. The molecule has 0 fully saturated rings. The molecule has 1 aromatic heterocycles. The number of likely N-dealkylation sites (N-methyl/N-ethyl adjacent to an activating group) is 1. The molecular formula is C11H14ClN3O. The highest BCUT2D eigenvalue weighted by Crippen LogP contribution is 2.17. The van der Waals surface area contributed by atoms with E-state index in [1.54, 1.807) is 19.2 Å². The van der Waals surface area contributed by atoms with Crippen molar-refractivity contribution in [3.05, 3.63) is 22.8 Å². The largest absolute Gasteiger partial charge is 0.383 e. The molecule has 0 amide bonds. The molecule has 0 aliphatic heterocycles. The molecule has 1 heterocycles. The molecule has 5 heteroatoms. The van der Waals surface area contributed by atoms with E-state index in [1.165, 1.54) is 0 Å². The van der Waals surface area contributed by atoms with Crippen LogP contribution in [0.4, 0.5) is 5.82 Å². The Morgan fingerprint density at radius 1 is 1.56 bits per heavy atom. The fraction of sp³-hybridized carbons (Fsp3) is 0.455. The van der Waals surface area contributed by atoms with E-state index in [0.717, 1.165) is 13.1 Å². The van der Waals surface area contributed by atoms with Gasteiger partial charge in [0.15, 0.2) is 0 Å². The molecule has 4 nitrogen and oxygen atoms in total. The minimum absolute atomic E-state index is 0.338. The quantitative estimate of drug-likeness (QED) is 0.739. The molecule has 0 atom stereocenters. The summed E-state index contributed by atoms with van der Waals surface area (Å²) in [4.78, 5) is 6.20. The number of hydrogen-bond acceptors (Lipinski definition) is 4. The molecule has 0 saturated carbocycles. The van der Waals surface area contributed by atoms with Gasteiger partial charge in [-0.15, -0.1) is 0 Å². The second-order valence-corrected chi connectivity index (χ2v) is 3.61. The minimum atomic E-state index is 0.338. The van der Waals surface area contributed by atoms with Gasteiger partial charge in [-0.25, -0.2) is 4.98 Å². The van der Waals surface area contributed by atoms with E-state index in [1.807, 2.05) is 11.8 Å². The number of anilines is 1. The van der Waals surface area contributed by atoms with Crippen LogP contribution in [0, 0.1) is 11.3 Å². The van der Waals surface area contributed by atoms with Gasteiger partial charge in [-0.3, -0.25) is 0 Å². The molecule has 1 aromatic rings. The molecule has 0 radical (unpaired) electrons. The number of pyridine rings is 1. The summed E-state index contributed by atoms with van der Waals surface area (Å²) in [5.74, 6) is 0.712. The van der Waals surface area contributed by atoms with Crippen LogP contribution in [0.2, 0.25) is 5.15 Å². The third-order valence-electron chi connectivity index (χ3n) is 2.18. The first-order valence-electron chi connectivity index (χ1n) is 5.02. The highest BCUT2D eigenvalue weighted by molar-refractivity contribution is 6.29. The Bertz CT molecular complexity index is 389. The van der Waals surface area contributed by atoms with Gasteiger partial charge in [0.25, 0.3) is 0 Å². The Morgan fingerprint density at radius 3 is 2.88 bits per heavy atom. The predicted octanol–water partition coefficient (Wildman–Crippen LogP) is 2.08. The zero-order valence-corrected chi connectivity index (χ0v) is 10.2. The Kier molecular flexibility index (Phi) is 5.03. The molecule has 0 spiro atoms. The van der Waals surface area contributed by atoms with Crippen LogP contribution in [-0.4, -0.2) is 31.8 Å². The monoisotopic (exact) mass is 239 g/mol. The van der Waals surface area contributed by atoms with Crippen molar-refractivity contribution in [2.45, 2.75) is 6.92 Å². The Hall–Kier alpha value is -1.31. The van der Waals surface area contributed by atoms with E-state index in [9.17, 15) is 0 Å². The minimum Gasteiger partial charge on any atom is -0.383 e. The number of nitrogens with zero attached hydrogens (tertiary/aromatic N) is 3. The SMILES string of the molecule is CCN(CCOC)c1cc(C#N)cc(Cl)n1. The average molecular weight is 240 g/mol. The van der Waals surface area contributed by atoms with E-state index < -0.39 is 0 Å². The van der Waals surface area contributed by atoms with Gasteiger partial charge in [0.05, 0.1) is 18.2 Å². The van der Waals surface area contributed by atoms with Crippen molar-refractivity contribution in [2.75, 3.05) is 31.7 Å². The van der Waals surface area contributed by atoms with Crippen LogP contribution >= 0.6 is 11.6 Å². The van der Waals surface area contributed by atoms with Gasteiger partial charge in [0.2, 0.25) is 0 Å². The summed E-state index contributed by atoms with van der Waals surface area (Å²) in [7, 11) is 1.65. The Morgan fingerprint density at radius 2 is 2.31 bits per heavy atom. The molecule has 0 unspecified atom stereocenters. The summed E-state index contributed by atoms with van der Waals surface area (Å²) in [5, 5.41) is 9.18. The summed E-state index contributed by atoms with van der Waals surface area (Å²) < 4.78 is 5.02. The number of nitriles is 1. The van der Waals surface area contributed by atoms with Crippen molar-refractivity contribution >= 4 is 17.4 Å². The molecule has 1 rings (SSSR count). The lowest BCUT2D eigenvalue weighted by molar-refractivity contribution is 0.205. The molecule has 0 aliphatic carbocycles. The molecule has 0 aromatic carbocycles. The number of hydrogen-bond donors (Lipinski definition) is 0. The second-order valence-electron chi connectivity index (χ2n) is 3.22. The van der Waals surface area contributed by atoms with E-state index >= 15 is 0 Å². The highest BCUT2D eigenvalue weighted by atomic mass is 35.5. The number of aromatic nitrogens is 1. The average Bonchev–Trinajstić information content (AvgIpc) is 2.29. The van der Waals surface area contributed by atoms with Crippen molar-refractivity contribution in [1.29, 1.82) is 5.26 Å². The van der Waals surface area contributed by atoms with Gasteiger partial charge in [0, 0.05) is 20.2 Å². The summed E-state index contributed by atoms with van der Waals surface area (Å²) in [5.41, 5.74) is 0.519. The maximum absolute atomic E-state index is 8.84. The molecule has 0 saturated heterocycles. The topological polar surface area (TPSA) is 49.1 Å². The standard InChI is InChI=1S/C11H14ClN3O/c1-3-15(4-5-16-2)11-7-9(8-13)6-10(12)14-11/h6-7H,3-5H2,1-2H3. The van der Waals surface area contributed by atoms with E-state index in [4.69, 9.17) is 21.6 Å². The lowest BCUT2D eigenvalue weighted by atomic mass is 10.3. The van der Waals surface area contributed by atoms with Gasteiger partial charge in [-0.2, -0.15) is 5.26 Å². The van der Waals surface area contributed by atoms with Gasteiger partial charge >= 0.3 is 0 Å². The van der Waals surface area contributed by atoms with Crippen LogP contribution in [0.15, 0.2) is 12.1 Å². The van der Waals surface area contributed by atoms with Crippen LogP contribution in [0.25, 0.3) is 0 Å². The number of halogens is 1. The highest BCUT2D eigenvalue weighted by Gasteiger charge is 2.08. The molecule has 86 valence electrons. The molecular weight excluding hydrogens is 226 g/mol. The molecule has 16 heavy (non-hydrogen) atoms. The van der Waals surface area contributed by atoms with Gasteiger partial charge in [0.1, 0.15) is 11.0 Å². The van der Waals surface area contributed by atoms with E-state index in [2.05, 4.69) is 11.1 Å². The van der Waals surface area contributed by atoms with Crippen LogP contribution in [-0.2, 0) is 4.74 Å². The zero-order chi connectivity index (χ0) is 12.0. The van der Waals surface area contributed by atoms with Crippen molar-refractivity contribution in [3.8, 4) is 6.07 Å². The first-order valence-corrected chi connectivity index (χ1v) is 5.40. The van der Waals surface area contributed by atoms with Gasteiger partial charge in [-0.05, 0) is 19.1 Å². The summed E-state index contributed by atoms with van der Waals surface area (Å²) in [6.45, 7) is 4.15. The zero-order valence-electron chi connectivity index (χ0n) is 9.40. The lowest BCUT2D eigenvalue weighted by Crippen LogP contribution is -2.27. The first-order chi connectivity index (χ1) is 7.71. The first kappa shape index (κ1) is 12.8. The molecule has 0 bridgehead atoms. The fourth-order valence-corrected chi connectivity index (χ4v) is 1.55. The molecule has 0 N–H and O–H groups in total. The van der Waals surface area contributed by atoms with Gasteiger partial charge in [-0.1, -0.05) is 11.6 Å². The van der Waals surface area contributed by atoms with Crippen molar-refractivity contribution in [1.82, 2.24) is 4.98 Å². The Balaban J connectivity index is 2.91. The molecule has 0 aliphatic rings. The summed E-state index contributed by atoms with van der Waals surface area (Å²) in [6, 6.07) is 5.34. The lowest BCUT2D eigenvalue weighted by Gasteiger charge is -2.21. The third-order valence-corrected chi connectivity index (χ3v) is 2.37.